The molecule has 7 heteroatoms. The molecule has 1 aromatic rings. The molecule has 1 N–H and O–H groups in total. The third kappa shape index (κ3) is 2.81. The smallest absolute Gasteiger partial charge is 0.247 e. The molecule has 1 aromatic carbocycles. The predicted molar refractivity (Wildman–Crippen MR) is 82.6 cm³/mol. The van der Waals surface area contributed by atoms with Gasteiger partial charge < -0.3 is 10.2 Å². The van der Waals surface area contributed by atoms with Crippen molar-refractivity contribution in [3.05, 3.63) is 24.3 Å². The number of imide groups is 1. The molecule has 2 aliphatic rings. The van der Waals surface area contributed by atoms with Crippen LogP contribution in [0.2, 0.25) is 0 Å². The molecule has 0 saturated carbocycles. The van der Waals surface area contributed by atoms with Crippen molar-refractivity contribution < 1.29 is 19.2 Å². The van der Waals surface area contributed by atoms with E-state index in [0.29, 0.717) is 11.4 Å². The number of fused-ring (bicyclic) bond motifs is 1. The highest BCUT2D eigenvalue weighted by Crippen LogP contribution is 2.31. The zero-order valence-electron chi connectivity index (χ0n) is 12.7. The summed E-state index contributed by atoms with van der Waals surface area (Å²) in [4.78, 5) is 50.5. The number of benzene rings is 1. The van der Waals surface area contributed by atoms with Gasteiger partial charge in [-0.05, 0) is 19.1 Å². The lowest BCUT2D eigenvalue weighted by Crippen LogP contribution is -2.46. The fourth-order valence-corrected chi connectivity index (χ4v) is 2.98. The Bertz CT molecular complexity index is 684. The van der Waals surface area contributed by atoms with Crippen LogP contribution in [0.25, 0.3) is 0 Å². The van der Waals surface area contributed by atoms with Crippen LogP contribution in [0.15, 0.2) is 24.3 Å². The van der Waals surface area contributed by atoms with Crippen molar-refractivity contribution in [3.8, 4) is 0 Å². The van der Waals surface area contributed by atoms with E-state index in [9.17, 15) is 19.2 Å². The zero-order chi connectivity index (χ0) is 16.6. The first kappa shape index (κ1) is 15.2. The van der Waals surface area contributed by atoms with E-state index in [1.165, 1.54) is 4.90 Å². The van der Waals surface area contributed by atoms with Gasteiger partial charge >= 0.3 is 0 Å². The van der Waals surface area contributed by atoms with Gasteiger partial charge in [0.1, 0.15) is 6.54 Å². The second kappa shape index (κ2) is 5.83. The molecular weight excluding hydrogens is 298 g/mol. The van der Waals surface area contributed by atoms with Gasteiger partial charge in [-0.3, -0.25) is 24.1 Å². The fourth-order valence-electron chi connectivity index (χ4n) is 2.98. The van der Waals surface area contributed by atoms with Crippen molar-refractivity contribution in [3.63, 3.8) is 0 Å². The maximum absolute atomic E-state index is 12.7. The molecule has 1 saturated heterocycles. The maximum atomic E-state index is 12.7. The predicted octanol–water partition coefficient (Wildman–Crippen LogP) is 0.899. The molecule has 23 heavy (non-hydrogen) atoms. The number of rotatable bonds is 2. The summed E-state index contributed by atoms with van der Waals surface area (Å²) in [5.74, 6) is -1.19. The molecule has 2 aliphatic heterocycles. The van der Waals surface area contributed by atoms with Crippen molar-refractivity contribution in [2.24, 2.45) is 0 Å². The molecule has 1 atom stereocenters. The van der Waals surface area contributed by atoms with Crippen LogP contribution in [-0.4, -0.2) is 41.1 Å². The lowest BCUT2D eigenvalue weighted by atomic mass is 10.1. The summed E-state index contributed by atoms with van der Waals surface area (Å²) in [7, 11) is 0. The summed E-state index contributed by atoms with van der Waals surface area (Å²) >= 11 is 0. The van der Waals surface area contributed by atoms with E-state index in [1.54, 1.807) is 31.2 Å². The van der Waals surface area contributed by atoms with Gasteiger partial charge in [-0.1, -0.05) is 12.1 Å². The van der Waals surface area contributed by atoms with Crippen LogP contribution < -0.4 is 10.2 Å². The molecule has 0 aromatic heterocycles. The second-order valence-electron chi connectivity index (χ2n) is 5.76. The summed E-state index contributed by atoms with van der Waals surface area (Å²) in [6, 6.07) is 6.64. The van der Waals surface area contributed by atoms with Crippen LogP contribution in [0.3, 0.4) is 0 Å². The Hall–Kier alpha value is -2.70. The number of hydrogen-bond acceptors (Lipinski definition) is 4. The van der Waals surface area contributed by atoms with Crippen molar-refractivity contribution >= 4 is 35.0 Å². The number of carbonyl (C=O) groups is 4. The van der Waals surface area contributed by atoms with Gasteiger partial charge in [0.05, 0.1) is 11.4 Å². The number of amides is 4. The molecule has 120 valence electrons. The molecule has 1 fully saturated rings. The molecule has 7 nitrogen and oxygen atoms in total. The molecule has 2 heterocycles. The summed E-state index contributed by atoms with van der Waals surface area (Å²) in [5, 5.41) is 2.77. The third-order valence-electron chi connectivity index (χ3n) is 4.08. The second-order valence-corrected chi connectivity index (χ2v) is 5.76. The summed E-state index contributed by atoms with van der Waals surface area (Å²) in [5.41, 5.74) is 1.13. The van der Waals surface area contributed by atoms with Crippen LogP contribution in [0.5, 0.6) is 0 Å². The van der Waals surface area contributed by atoms with Gasteiger partial charge in [0.25, 0.3) is 0 Å². The number of likely N-dealkylation sites (tertiary alicyclic amines) is 1. The minimum absolute atomic E-state index is 0.151. The number of hydrogen-bond donors (Lipinski definition) is 1. The average molecular weight is 315 g/mol. The first-order valence-corrected chi connectivity index (χ1v) is 7.51. The molecule has 0 unspecified atom stereocenters. The number of para-hydroxylation sites is 2. The first-order valence-electron chi connectivity index (χ1n) is 7.51. The summed E-state index contributed by atoms with van der Waals surface area (Å²) < 4.78 is 0. The molecular formula is C16H17N3O4. The van der Waals surface area contributed by atoms with E-state index in [1.807, 2.05) is 0 Å². The Morgan fingerprint density at radius 2 is 1.83 bits per heavy atom. The van der Waals surface area contributed by atoms with Crippen molar-refractivity contribution in [2.45, 2.75) is 32.2 Å². The fraction of sp³-hybridized carbons (Fsp3) is 0.375. The Kier molecular flexibility index (Phi) is 3.85. The van der Waals surface area contributed by atoms with E-state index in [2.05, 4.69) is 5.32 Å². The van der Waals surface area contributed by atoms with Crippen LogP contribution in [0, 0.1) is 0 Å². The van der Waals surface area contributed by atoms with E-state index in [-0.39, 0.29) is 55.5 Å². The number of nitrogens with zero attached hydrogens (tertiary/aromatic N) is 2. The van der Waals surface area contributed by atoms with E-state index >= 15 is 0 Å². The maximum Gasteiger partial charge on any atom is 0.247 e. The molecule has 0 bridgehead atoms. The van der Waals surface area contributed by atoms with Crippen LogP contribution >= 0.6 is 0 Å². The number of carbonyl (C=O) groups excluding carboxylic acids is 4. The van der Waals surface area contributed by atoms with Crippen molar-refractivity contribution in [2.75, 3.05) is 16.8 Å². The Balaban J connectivity index is 1.90. The van der Waals surface area contributed by atoms with Crippen LogP contribution in [0.4, 0.5) is 11.4 Å². The Morgan fingerprint density at radius 1 is 1.17 bits per heavy atom. The summed E-state index contributed by atoms with van der Waals surface area (Å²) in [6.07, 6.45) is 0.457. The number of nitrogens with one attached hydrogen (secondary N) is 1. The monoisotopic (exact) mass is 315 g/mol. The zero-order valence-corrected chi connectivity index (χ0v) is 12.7. The standard InChI is InChI=1S/C16H17N3O4/c1-10-8-13(20)17-11-4-2-3-5-12(11)19(10)16(23)9-18-14(21)6-7-15(18)22/h2-5,10H,6-9H2,1H3,(H,17,20)/t10-/m1/s1. The van der Waals surface area contributed by atoms with Gasteiger partial charge in [-0.2, -0.15) is 0 Å². The largest absolute Gasteiger partial charge is 0.324 e. The van der Waals surface area contributed by atoms with Crippen LogP contribution in [-0.2, 0) is 19.2 Å². The molecule has 0 aliphatic carbocycles. The first-order chi connectivity index (χ1) is 11.0. The van der Waals surface area contributed by atoms with Gasteiger partial charge in [0.15, 0.2) is 0 Å². The normalized spacial score (nSPS) is 21.1. The van der Waals surface area contributed by atoms with Crippen molar-refractivity contribution in [1.82, 2.24) is 4.90 Å². The quantitative estimate of drug-likeness (QED) is 0.822. The minimum atomic E-state index is -0.370. The molecule has 3 rings (SSSR count). The summed E-state index contributed by atoms with van der Waals surface area (Å²) in [6.45, 7) is 1.48. The average Bonchev–Trinajstić information content (AvgIpc) is 2.74. The molecule has 0 radical (unpaired) electrons. The highest BCUT2D eigenvalue weighted by Gasteiger charge is 2.35. The van der Waals surface area contributed by atoms with Gasteiger partial charge in [-0.25, -0.2) is 0 Å². The van der Waals surface area contributed by atoms with Crippen molar-refractivity contribution in [1.29, 1.82) is 0 Å². The van der Waals surface area contributed by atoms with E-state index < -0.39 is 0 Å². The SMILES string of the molecule is C[C@@H]1CC(=O)Nc2ccccc2N1C(=O)CN1C(=O)CCC1=O. The highest BCUT2D eigenvalue weighted by atomic mass is 16.2. The Morgan fingerprint density at radius 3 is 2.52 bits per heavy atom. The minimum Gasteiger partial charge on any atom is -0.324 e. The lowest BCUT2D eigenvalue weighted by Gasteiger charge is -2.29. The van der Waals surface area contributed by atoms with Gasteiger partial charge in [-0.15, -0.1) is 0 Å². The molecule has 4 amide bonds. The van der Waals surface area contributed by atoms with E-state index in [0.717, 1.165) is 4.90 Å². The van der Waals surface area contributed by atoms with Crippen LogP contribution in [0.1, 0.15) is 26.2 Å². The Labute approximate surface area is 133 Å². The molecule has 0 spiro atoms. The lowest BCUT2D eigenvalue weighted by molar-refractivity contribution is -0.141. The topological polar surface area (TPSA) is 86.8 Å². The van der Waals surface area contributed by atoms with E-state index in [4.69, 9.17) is 0 Å². The van der Waals surface area contributed by atoms with Gasteiger partial charge in [0.2, 0.25) is 23.6 Å². The van der Waals surface area contributed by atoms with Gasteiger partial charge in [0, 0.05) is 25.3 Å². The third-order valence-corrected chi connectivity index (χ3v) is 4.08. The number of anilines is 2. The highest BCUT2D eigenvalue weighted by molar-refractivity contribution is 6.09.